The number of ether oxygens (including phenoxy) is 2. The fourth-order valence-corrected chi connectivity index (χ4v) is 2.54. The summed E-state index contributed by atoms with van der Waals surface area (Å²) < 4.78 is 13.0. The van der Waals surface area contributed by atoms with Crippen LogP contribution in [0.2, 0.25) is 0 Å². The van der Waals surface area contributed by atoms with Crippen LogP contribution in [-0.4, -0.2) is 61.8 Å². The Bertz CT molecular complexity index is 489. The van der Waals surface area contributed by atoms with Crippen LogP contribution in [0.4, 0.5) is 0 Å². The van der Waals surface area contributed by atoms with Crippen molar-refractivity contribution >= 4 is 29.9 Å². The monoisotopic (exact) mass is 465 g/mol. The van der Waals surface area contributed by atoms with Gasteiger partial charge in [0.1, 0.15) is 0 Å². The Kier molecular flexibility index (Phi) is 11.8. The minimum atomic E-state index is 0. The van der Waals surface area contributed by atoms with Gasteiger partial charge < -0.3 is 20.1 Å². The molecule has 7 nitrogen and oxygen atoms in total. The van der Waals surface area contributed by atoms with Crippen LogP contribution >= 0.6 is 24.0 Å². The average Bonchev–Trinajstić information content (AvgIpc) is 3.22. The number of aryl methyl sites for hydroxylation is 1. The second-order valence-electron chi connectivity index (χ2n) is 6.13. The molecule has 1 unspecified atom stereocenters. The van der Waals surface area contributed by atoms with E-state index in [0.717, 1.165) is 71.4 Å². The Morgan fingerprint density at radius 1 is 1.48 bits per heavy atom. The lowest BCUT2D eigenvalue weighted by molar-refractivity contribution is 0.0893. The third-order valence-electron chi connectivity index (χ3n) is 3.83. The van der Waals surface area contributed by atoms with E-state index in [1.807, 2.05) is 24.0 Å². The van der Waals surface area contributed by atoms with Crippen LogP contribution < -0.4 is 10.6 Å². The summed E-state index contributed by atoms with van der Waals surface area (Å²) in [5.74, 6) is 1.43. The standard InChI is InChI=1S/C17H31N5O2.HI/c1-3-18-17(20-7-8-22-12-15(2)11-21-22)19-6-4-9-23-13-16-5-10-24-14-16;/h11-12,16H,3-10,13-14H2,1-2H3,(H2,18,19,20);1H. The third kappa shape index (κ3) is 9.41. The molecule has 1 fully saturated rings. The Labute approximate surface area is 168 Å². The van der Waals surface area contributed by atoms with Gasteiger partial charge in [-0.15, -0.1) is 24.0 Å². The Morgan fingerprint density at radius 2 is 2.36 bits per heavy atom. The largest absolute Gasteiger partial charge is 0.381 e. The van der Waals surface area contributed by atoms with Crippen LogP contribution in [0, 0.1) is 12.8 Å². The number of aliphatic imine (C=N–C) groups is 1. The van der Waals surface area contributed by atoms with Crippen molar-refractivity contribution in [2.75, 3.05) is 46.1 Å². The summed E-state index contributed by atoms with van der Waals surface area (Å²) in [7, 11) is 0. The van der Waals surface area contributed by atoms with Gasteiger partial charge in [-0.25, -0.2) is 0 Å². The number of guanidine groups is 1. The highest BCUT2D eigenvalue weighted by Crippen LogP contribution is 2.12. The van der Waals surface area contributed by atoms with E-state index in [4.69, 9.17) is 9.47 Å². The SMILES string of the molecule is CCNC(=NCCCOCC1CCOC1)NCCn1cc(C)cn1.I. The molecule has 1 saturated heterocycles. The van der Waals surface area contributed by atoms with Gasteiger partial charge in [-0.3, -0.25) is 9.67 Å². The lowest BCUT2D eigenvalue weighted by atomic mass is 10.1. The minimum absolute atomic E-state index is 0. The Hall–Kier alpha value is -0.870. The molecule has 0 bridgehead atoms. The first-order valence-electron chi connectivity index (χ1n) is 8.94. The van der Waals surface area contributed by atoms with E-state index < -0.39 is 0 Å². The summed E-state index contributed by atoms with van der Waals surface area (Å²) >= 11 is 0. The van der Waals surface area contributed by atoms with E-state index in [1.165, 1.54) is 5.56 Å². The fourth-order valence-electron chi connectivity index (χ4n) is 2.54. The summed E-state index contributed by atoms with van der Waals surface area (Å²) in [5, 5.41) is 10.9. The Balaban J connectivity index is 0.00000312. The van der Waals surface area contributed by atoms with Gasteiger partial charge in [0.25, 0.3) is 0 Å². The zero-order valence-corrected chi connectivity index (χ0v) is 17.7. The van der Waals surface area contributed by atoms with E-state index in [1.54, 1.807) is 0 Å². The van der Waals surface area contributed by atoms with Crippen LogP contribution in [0.1, 0.15) is 25.3 Å². The first-order valence-corrected chi connectivity index (χ1v) is 8.94. The molecule has 1 aliphatic heterocycles. The molecule has 1 atom stereocenters. The van der Waals surface area contributed by atoms with Crippen molar-refractivity contribution < 1.29 is 9.47 Å². The molecular formula is C17H32IN5O2. The van der Waals surface area contributed by atoms with Crippen LogP contribution in [0.15, 0.2) is 17.4 Å². The van der Waals surface area contributed by atoms with Gasteiger partial charge in [0.05, 0.1) is 26.0 Å². The highest BCUT2D eigenvalue weighted by Gasteiger charge is 2.15. The van der Waals surface area contributed by atoms with Gasteiger partial charge >= 0.3 is 0 Å². The van der Waals surface area contributed by atoms with E-state index in [2.05, 4.69) is 27.6 Å². The molecule has 2 rings (SSSR count). The smallest absolute Gasteiger partial charge is 0.191 e. The zero-order chi connectivity index (χ0) is 17.0. The van der Waals surface area contributed by atoms with Gasteiger partial charge in [0.15, 0.2) is 5.96 Å². The van der Waals surface area contributed by atoms with Gasteiger partial charge in [-0.2, -0.15) is 5.10 Å². The molecule has 0 saturated carbocycles. The summed E-state index contributed by atoms with van der Waals surface area (Å²) in [6.07, 6.45) is 5.97. The highest BCUT2D eigenvalue weighted by molar-refractivity contribution is 14.0. The van der Waals surface area contributed by atoms with E-state index in [9.17, 15) is 0 Å². The summed E-state index contributed by atoms with van der Waals surface area (Å²) in [6.45, 7) is 10.6. The molecule has 2 heterocycles. The summed E-state index contributed by atoms with van der Waals surface area (Å²) in [4.78, 5) is 4.58. The van der Waals surface area contributed by atoms with Gasteiger partial charge in [-0.1, -0.05) is 0 Å². The second kappa shape index (κ2) is 13.3. The third-order valence-corrected chi connectivity index (χ3v) is 3.83. The molecule has 1 aromatic heterocycles. The van der Waals surface area contributed by atoms with Crippen molar-refractivity contribution in [2.24, 2.45) is 10.9 Å². The number of hydrogen-bond donors (Lipinski definition) is 2. The summed E-state index contributed by atoms with van der Waals surface area (Å²) in [5.41, 5.74) is 1.18. The molecule has 1 aliphatic rings. The maximum Gasteiger partial charge on any atom is 0.191 e. The van der Waals surface area contributed by atoms with Crippen LogP contribution in [0.25, 0.3) is 0 Å². The van der Waals surface area contributed by atoms with Gasteiger partial charge in [0, 0.05) is 45.0 Å². The lowest BCUT2D eigenvalue weighted by Gasteiger charge is -2.11. The minimum Gasteiger partial charge on any atom is -0.381 e. The molecular weight excluding hydrogens is 433 g/mol. The molecule has 2 N–H and O–H groups in total. The number of hydrogen-bond acceptors (Lipinski definition) is 4. The quantitative estimate of drug-likeness (QED) is 0.239. The van der Waals surface area contributed by atoms with Crippen molar-refractivity contribution in [3.63, 3.8) is 0 Å². The molecule has 0 radical (unpaired) electrons. The first-order chi connectivity index (χ1) is 11.8. The van der Waals surface area contributed by atoms with Crippen molar-refractivity contribution in [1.82, 2.24) is 20.4 Å². The van der Waals surface area contributed by atoms with Gasteiger partial charge in [0.2, 0.25) is 0 Å². The number of nitrogens with zero attached hydrogens (tertiary/aromatic N) is 3. The first kappa shape index (κ1) is 22.2. The Morgan fingerprint density at radius 3 is 3.04 bits per heavy atom. The maximum atomic E-state index is 5.70. The zero-order valence-electron chi connectivity index (χ0n) is 15.4. The van der Waals surface area contributed by atoms with E-state index >= 15 is 0 Å². The molecule has 0 spiro atoms. The number of aromatic nitrogens is 2. The molecule has 25 heavy (non-hydrogen) atoms. The summed E-state index contributed by atoms with van der Waals surface area (Å²) in [6, 6.07) is 0. The number of rotatable bonds is 10. The predicted molar refractivity (Wildman–Crippen MR) is 111 cm³/mol. The second-order valence-corrected chi connectivity index (χ2v) is 6.13. The molecule has 0 aromatic carbocycles. The molecule has 8 heteroatoms. The number of halogens is 1. The molecule has 0 amide bonds. The fraction of sp³-hybridized carbons (Fsp3) is 0.765. The van der Waals surface area contributed by atoms with Crippen molar-refractivity contribution in [3.8, 4) is 0 Å². The average molecular weight is 465 g/mol. The van der Waals surface area contributed by atoms with Crippen molar-refractivity contribution in [1.29, 1.82) is 0 Å². The van der Waals surface area contributed by atoms with Crippen molar-refractivity contribution in [3.05, 3.63) is 18.0 Å². The van der Waals surface area contributed by atoms with Crippen LogP contribution in [-0.2, 0) is 16.0 Å². The van der Waals surface area contributed by atoms with Crippen LogP contribution in [0.3, 0.4) is 0 Å². The number of nitrogens with one attached hydrogen (secondary N) is 2. The van der Waals surface area contributed by atoms with Gasteiger partial charge in [-0.05, 0) is 32.3 Å². The molecule has 0 aliphatic carbocycles. The van der Waals surface area contributed by atoms with Crippen LogP contribution in [0.5, 0.6) is 0 Å². The predicted octanol–water partition coefficient (Wildman–Crippen LogP) is 1.81. The van der Waals surface area contributed by atoms with E-state index in [0.29, 0.717) is 5.92 Å². The highest BCUT2D eigenvalue weighted by atomic mass is 127. The maximum absolute atomic E-state index is 5.70. The molecule has 144 valence electrons. The lowest BCUT2D eigenvalue weighted by Crippen LogP contribution is -2.39. The normalized spacial score (nSPS) is 17.4. The topological polar surface area (TPSA) is 72.7 Å². The van der Waals surface area contributed by atoms with E-state index in [-0.39, 0.29) is 24.0 Å². The molecule has 1 aromatic rings. The van der Waals surface area contributed by atoms with Crippen molar-refractivity contribution in [2.45, 2.75) is 33.2 Å².